The molecule has 0 amide bonds. The summed E-state index contributed by atoms with van der Waals surface area (Å²) in [5.41, 5.74) is 3.32. The Hall–Kier alpha value is -2.55. The summed E-state index contributed by atoms with van der Waals surface area (Å²) in [5, 5.41) is 0. The lowest BCUT2D eigenvalue weighted by atomic mass is 9.83. The molecule has 3 heteroatoms. The summed E-state index contributed by atoms with van der Waals surface area (Å²) in [4.78, 5) is 0. The average molecular weight is 394 g/mol. The molecule has 29 heavy (non-hydrogen) atoms. The van der Waals surface area contributed by atoms with Crippen LogP contribution in [0.2, 0.25) is 0 Å². The smallest absolute Gasteiger partial charge is 0.167 e. The number of hydrogen-bond donors (Lipinski definition) is 0. The van der Waals surface area contributed by atoms with Crippen LogP contribution >= 0.6 is 0 Å². The van der Waals surface area contributed by atoms with Crippen LogP contribution in [0.3, 0.4) is 0 Å². The lowest BCUT2D eigenvalue weighted by Crippen LogP contribution is -2.04. The van der Waals surface area contributed by atoms with Gasteiger partial charge >= 0.3 is 0 Å². The van der Waals surface area contributed by atoms with E-state index in [9.17, 15) is 13.2 Å². The highest BCUT2D eigenvalue weighted by Gasteiger charge is 2.18. The SMILES string of the molecule is CCc1ccc(-c2ccc(-c3ccc(C4CCCCC4)cc3)cc2F)c(F)c1F. The monoisotopic (exact) mass is 394 g/mol. The second-order valence-corrected chi connectivity index (χ2v) is 7.91. The van der Waals surface area contributed by atoms with Gasteiger partial charge in [0.2, 0.25) is 0 Å². The van der Waals surface area contributed by atoms with Crippen molar-refractivity contribution in [3.05, 3.63) is 83.2 Å². The van der Waals surface area contributed by atoms with Crippen molar-refractivity contribution in [2.24, 2.45) is 0 Å². The van der Waals surface area contributed by atoms with Crippen molar-refractivity contribution < 1.29 is 13.2 Å². The molecule has 0 spiro atoms. The first-order valence-electron chi connectivity index (χ1n) is 10.5. The maximum Gasteiger partial charge on any atom is 0.167 e. The Labute approximate surface area is 170 Å². The van der Waals surface area contributed by atoms with Crippen LogP contribution in [0.5, 0.6) is 0 Å². The number of hydrogen-bond acceptors (Lipinski definition) is 0. The molecule has 0 bridgehead atoms. The van der Waals surface area contributed by atoms with E-state index in [0.29, 0.717) is 17.9 Å². The van der Waals surface area contributed by atoms with E-state index in [4.69, 9.17) is 0 Å². The van der Waals surface area contributed by atoms with Gasteiger partial charge in [0.15, 0.2) is 11.6 Å². The summed E-state index contributed by atoms with van der Waals surface area (Å²) in [5.74, 6) is -1.82. The van der Waals surface area contributed by atoms with Gasteiger partial charge in [0.1, 0.15) is 5.82 Å². The minimum absolute atomic E-state index is 0.0450. The first-order chi connectivity index (χ1) is 14.1. The zero-order chi connectivity index (χ0) is 20.4. The molecule has 0 saturated heterocycles. The lowest BCUT2D eigenvalue weighted by molar-refractivity contribution is 0.443. The Morgan fingerprint density at radius 2 is 1.38 bits per heavy atom. The third-order valence-electron chi connectivity index (χ3n) is 6.12. The zero-order valence-corrected chi connectivity index (χ0v) is 16.7. The van der Waals surface area contributed by atoms with Crippen LogP contribution in [0.1, 0.15) is 56.1 Å². The molecule has 0 N–H and O–H groups in total. The largest absolute Gasteiger partial charge is 0.206 e. The molecule has 0 aromatic heterocycles. The van der Waals surface area contributed by atoms with Gasteiger partial charge in [0.05, 0.1) is 0 Å². The van der Waals surface area contributed by atoms with E-state index in [1.54, 1.807) is 13.0 Å². The Balaban J connectivity index is 1.61. The van der Waals surface area contributed by atoms with E-state index in [1.165, 1.54) is 61.9 Å². The molecule has 3 aromatic rings. The number of benzene rings is 3. The minimum atomic E-state index is -0.993. The summed E-state index contributed by atoms with van der Waals surface area (Å²) in [6, 6.07) is 16.0. The summed E-state index contributed by atoms with van der Waals surface area (Å²) in [7, 11) is 0. The molecule has 4 rings (SSSR count). The summed E-state index contributed by atoms with van der Waals surface area (Å²) in [6.07, 6.45) is 6.77. The molecule has 0 heterocycles. The number of halogens is 3. The standard InChI is InChI=1S/C26H25F3/c1-2-17-12-15-23(26(29)25(17)28)22-14-13-21(16-24(22)27)20-10-8-19(9-11-20)18-6-4-3-5-7-18/h8-16,18H,2-7H2,1H3. The van der Waals surface area contributed by atoms with Crippen LogP contribution in [0.25, 0.3) is 22.3 Å². The van der Waals surface area contributed by atoms with E-state index in [0.717, 1.165) is 11.1 Å². The van der Waals surface area contributed by atoms with Gasteiger partial charge in [0, 0.05) is 11.1 Å². The van der Waals surface area contributed by atoms with Gasteiger partial charge in [-0.1, -0.05) is 74.7 Å². The van der Waals surface area contributed by atoms with E-state index in [-0.39, 0.29) is 11.1 Å². The van der Waals surface area contributed by atoms with Gasteiger partial charge in [-0.15, -0.1) is 0 Å². The van der Waals surface area contributed by atoms with Gasteiger partial charge in [-0.05, 0) is 53.5 Å². The second-order valence-electron chi connectivity index (χ2n) is 7.91. The van der Waals surface area contributed by atoms with Gasteiger partial charge in [-0.3, -0.25) is 0 Å². The average Bonchev–Trinajstić information content (AvgIpc) is 2.77. The highest BCUT2D eigenvalue weighted by atomic mass is 19.2. The third-order valence-corrected chi connectivity index (χ3v) is 6.12. The van der Waals surface area contributed by atoms with Crippen LogP contribution in [0, 0.1) is 17.5 Å². The lowest BCUT2D eigenvalue weighted by Gasteiger charge is -2.22. The second kappa shape index (κ2) is 8.44. The first kappa shape index (κ1) is 19.8. The molecular weight excluding hydrogens is 369 g/mol. The maximum atomic E-state index is 14.8. The van der Waals surface area contributed by atoms with Crippen molar-refractivity contribution in [1.29, 1.82) is 0 Å². The van der Waals surface area contributed by atoms with Crippen molar-refractivity contribution in [1.82, 2.24) is 0 Å². The van der Waals surface area contributed by atoms with Crippen molar-refractivity contribution in [2.75, 3.05) is 0 Å². The first-order valence-corrected chi connectivity index (χ1v) is 10.5. The number of aryl methyl sites for hydroxylation is 1. The van der Waals surface area contributed by atoms with Crippen LogP contribution in [-0.2, 0) is 6.42 Å². The van der Waals surface area contributed by atoms with Crippen molar-refractivity contribution in [3.8, 4) is 22.3 Å². The van der Waals surface area contributed by atoms with E-state index in [2.05, 4.69) is 12.1 Å². The molecule has 3 aromatic carbocycles. The molecule has 0 radical (unpaired) electrons. The molecule has 1 fully saturated rings. The fraction of sp³-hybridized carbons (Fsp3) is 0.308. The molecule has 1 aliphatic rings. The summed E-state index contributed by atoms with van der Waals surface area (Å²) in [6.45, 7) is 1.76. The molecule has 150 valence electrons. The predicted molar refractivity (Wildman–Crippen MR) is 112 cm³/mol. The van der Waals surface area contributed by atoms with Crippen LogP contribution < -0.4 is 0 Å². The molecule has 0 atom stereocenters. The summed E-state index contributed by atoms with van der Waals surface area (Å²) < 4.78 is 43.3. The maximum absolute atomic E-state index is 14.8. The summed E-state index contributed by atoms with van der Waals surface area (Å²) >= 11 is 0. The molecular formula is C26H25F3. The van der Waals surface area contributed by atoms with E-state index < -0.39 is 17.5 Å². The van der Waals surface area contributed by atoms with Gasteiger partial charge < -0.3 is 0 Å². The Kier molecular flexibility index (Phi) is 5.75. The zero-order valence-electron chi connectivity index (χ0n) is 16.7. The van der Waals surface area contributed by atoms with Crippen molar-refractivity contribution >= 4 is 0 Å². The van der Waals surface area contributed by atoms with E-state index in [1.807, 2.05) is 12.1 Å². The van der Waals surface area contributed by atoms with Crippen LogP contribution in [-0.4, -0.2) is 0 Å². The van der Waals surface area contributed by atoms with Crippen LogP contribution in [0.15, 0.2) is 54.6 Å². The van der Waals surface area contributed by atoms with Crippen molar-refractivity contribution in [3.63, 3.8) is 0 Å². The predicted octanol–water partition coefficient (Wildman–Crippen LogP) is 8.05. The Morgan fingerprint density at radius 3 is 2.03 bits per heavy atom. The topological polar surface area (TPSA) is 0 Å². The van der Waals surface area contributed by atoms with Gasteiger partial charge in [-0.2, -0.15) is 0 Å². The highest BCUT2D eigenvalue weighted by Crippen LogP contribution is 2.35. The Bertz CT molecular complexity index is 999. The number of rotatable bonds is 4. The molecule has 0 nitrogen and oxygen atoms in total. The third kappa shape index (κ3) is 3.96. The van der Waals surface area contributed by atoms with E-state index >= 15 is 0 Å². The minimum Gasteiger partial charge on any atom is -0.206 e. The fourth-order valence-electron chi connectivity index (χ4n) is 4.37. The van der Waals surface area contributed by atoms with Gasteiger partial charge in [-0.25, -0.2) is 13.2 Å². The molecule has 0 aliphatic heterocycles. The van der Waals surface area contributed by atoms with Crippen LogP contribution in [0.4, 0.5) is 13.2 Å². The normalized spacial score (nSPS) is 14.9. The fourth-order valence-corrected chi connectivity index (χ4v) is 4.37. The van der Waals surface area contributed by atoms with Gasteiger partial charge in [0.25, 0.3) is 0 Å². The molecule has 0 unspecified atom stereocenters. The molecule has 1 aliphatic carbocycles. The molecule has 1 saturated carbocycles. The highest BCUT2D eigenvalue weighted by molar-refractivity contribution is 5.71. The Morgan fingerprint density at radius 1 is 0.724 bits per heavy atom. The van der Waals surface area contributed by atoms with Crippen molar-refractivity contribution in [2.45, 2.75) is 51.4 Å². The quantitative estimate of drug-likeness (QED) is 0.420.